The van der Waals surface area contributed by atoms with Gasteiger partial charge in [0.25, 0.3) is 0 Å². The zero-order valence-electron chi connectivity index (χ0n) is 13.8. The van der Waals surface area contributed by atoms with Gasteiger partial charge < -0.3 is 4.90 Å². The van der Waals surface area contributed by atoms with Gasteiger partial charge >= 0.3 is 0 Å². The number of amides is 1. The number of sulfonamides is 1. The van der Waals surface area contributed by atoms with E-state index in [9.17, 15) is 13.2 Å². The predicted octanol–water partition coefficient (Wildman–Crippen LogP) is 1.44. The van der Waals surface area contributed by atoms with Gasteiger partial charge in [-0.25, -0.2) is 22.6 Å². The summed E-state index contributed by atoms with van der Waals surface area (Å²) < 4.78 is 29.2. The Kier molecular flexibility index (Phi) is 4.47. The molecular weight excluding hydrogens is 374 g/mol. The Hall–Kier alpha value is -2.30. The second kappa shape index (κ2) is 6.78. The third-order valence-corrected chi connectivity index (χ3v) is 6.65. The first-order chi connectivity index (χ1) is 12.5. The molecule has 3 heterocycles. The van der Waals surface area contributed by atoms with E-state index in [1.54, 1.807) is 21.5 Å². The van der Waals surface area contributed by atoms with Crippen molar-refractivity contribution in [2.24, 2.45) is 0 Å². The van der Waals surface area contributed by atoms with E-state index in [0.717, 1.165) is 22.8 Å². The van der Waals surface area contributed by atoms with Crippen LogP contribution in [0.25, 0.3) is 4.96 Å². The van der Waals surface area contributed by atoms with Gasteiger partial charge in [-0.1, -0.05) is 0 Å². The van der Waals surface area contributed by atoms with E-state index in [2.05, 4.69) is 14.8 Å². The fourth-order valence-electron chi connectivity index (χ4n) is 2.97. The number of carbonyl (C=O) groups excluding carboxylic acids is 1. The standard InChI is InChI=1S/C16H17N5O3S2/c22-15-2-1-9-20(15)12-3-5-14(6-4-12)26(23,24)19-8-7-13-10-25-16-17-11-18-21(13)16/h3-6,10-11,19H,1-2,7-9H2. The number of benzene rings is 1. The Labute approximate surface area is 154 Å². The maximum Gasteiger partial charge on any atom is 0.240 e. The molecule has 3 aromatic rings. The maximum absolute atomic E-state index is 12.4. The Balaban J connectivity index is 1.41. The van der Waals surface area contributed by atoms with Crippen LogP contribution in [0, 0.1) is 0 Å². The molecule has 0 unspecified atom stereocenters. The fraction of sp³-hybridized carbons (Fsp3) is 0.312. The molecule has 1 aliphatic rings. The van der Waals surface area contributed by atoms with Gasteiger partial charge in [-0.15, -0.1) is 11.3 Å². The van der Waals surface area contributed by atoms with Crippen LogP contribution in [0.1, 0.15) is 18.5 Å². The topological polar surface area (TPSA) is 96.7 Å². The Bertz CT molecular complexity index is 1040. The highest BCUT2D eigenvalue weighted by Gasteiger charge is 2.22. The van der Waals surface area contributed by atoms with Crippen molar-refractivity contribution in [3.8, 4) is 0 Å². The summed E-state index contributed by atoms with van der Waals surface area (Å²) in [5.74, 6) is 0.0777. The Morgan fingerprint density at radius 3 is 2.77 bits per heavy atom. The molecule has 4 rings (SSSR count). The van der Waals surface area contributed by atoms with E-state index in [4.69, 9.17) is 0 Å². The molecule has 2 aromatic heterocycles. The van der Waals surface area contributed by atoms with Gasteiger partial charge in [-0.3, -0.25) is 4.79 Å². The summed E-state index contributed by atoms with van der Waals surface area (Å²) in [5.41, 5.74) is 1.64. The first-order valence-corrected chi connectivity index (χ1v) is 10.6. The molecule has 1 saturated heterocycles. The molecule has 136 valence electrons. The average Bonchev–Trinajstić information content (AvgIpc) is 3.33. The number of aromatic nitrogens is 3. The average molecular weight is 391 g/mol. The largest absolute Gasteiger partial charge is 0.312 e. The number of nitrogens with zero attached hydrogens (tertiary/aromatic N) is 4. The highest BCUT2D eigenvalue weighted by atomic mass is 32.2. The molecule has 1 aromatic carbocycles. The summed E-state index contributed by atoms with van der Waals surface area (Å²) in [7, 11) is -3.60. The van der Waals surface area contributed by atoms with Gasteiger partial charge in [0, 0.05) is 37.0 Å². The lowest BCUT2D eigenvalue weighted by atomic mass is 10.3. The van der Waals surface area contributed by atoms with Crippen molar-refractivity contribution >= 4 is 37.9 Å². The van der Waals surface area contributed by atoms with Gasteiger partial charge in [-0.05, 0) is 30.7 Å². The molecule has 26 heavy (non-hydrogen) atoms. The summed E-state index contributed by atoms with van der Waals surface area (Å²) in [6.45, 7) is 0.945. The summed E-state index contributed by atoms with van der Waals surface area (Å²) in [5, 5.41) is 6.03. The second-order valence-electron chi connectivity index (χ2n) is 5.97. The smallest absolute Gasteiger partial charge is 0.240 e. The van der Waals surface area contributed by atoms with Crippen molar-refractivity contribution in [2.75, 3.05) is 18.0 Å². The quantitative estimate of drug-likeness (QED) is 0.686. The van der Waals surface area contributed by atoms with Crippen molar-refractivity contribution < 1.29 is 13.2 Å². The SMILES string of the molecule is O=C1CCCN1c1ccc(S(=O)(=O)NCCc2csc3ncnn23)cc1. The van der Waals surface area contributed by atoms with Gasteiger partial charge in [0.05, 0.1) is 10.6 Å². The van der Waals surface area contributed by atoms with E-state index >= 15 is 0 Å². The van der Waals surface area contributed by atoms with Crippen LogP contribution in [0.5, 0.6) is 0 Å². The first kappa shape index (κ1) is 17.1. The molecule has 0 saturated carbocycles. The minimum absolute atomic E-state index is 0.0777. The highest BCUT2D eigenvalue weighted by Crippen LogP contribution is 2.23. The number of hydrogen-bond acceptors (Lipinski definition) is 6. The van der Waals surface area contributed by atoms with Gasteiger partial charge in [0.2, 0.25) is 20.9 Å². The minimum atomic E-state index is -3.60. The van der Waals surface area contributed by atoms with E-state index in [-0.39, 0.29) is 17.3 Å². The van der Waals surface area contributed by atoms with E-state index in [1.165, 1.54) is 29.8 Å². The lowest BCUT2D eigenvalue weighted by Crippen LogP contribution is -2.27. The summed E-state index contributed by atoms with van der Waals surface area (Å²) >= 11 is 1.47. The third kappa shape index (κ3) is 3.22. The molecule has 1 fully saturated rings. The number of fused-ring (bicyclic) bond motifs is 1. The zero-order chi connectivity index (χ0) is 18.1. The van der Waals surface area contributed by atoms with E-state index in [1.807, 2.05) is 5.38 Å². The number of rotatable bonds is 6. The molecule has 0 spiro atoms. The Morgan fingerprint density at radius 1 is 1.23 bits per heavy atom. The van der Waals surface area contributed by atoms with Crippen LogP contribution in [0.15, 0.2) is 40.9 Å². The molecule has 8 nitrogen and oxygen atoms in total. The van der Waals surface area contributed by atoms with Crippen molar-refractivity contribution in [1.29, 1.82) is 0 Å². The van der Waals surface area contributed by atoms with Crippen LogP contribution < -0.4 is 9.62 Å². The van der Waals surface area contributed by atoms with Crippen molar-refractivity contribution in [3.05, 3.63) is 41.7 Å². The number of hydrogen-bond donors (Lipinski definition) is 1. The van der Waals surface area contributed by atoms with Crippen LogP contribution in [0.3, 0.4) is 0 Å². The van der Waals surface area contributed by atoms with Crippen LogP contribution in [0.4, 0.5) is 5.69 Å². The molecule has 0 atom stereocenters. The lowest BCUT2D eigenvalue weighted by molar-refractivity contribution is -0.117. The van der Waals surface area contributed by atoms with Crippen molar-refractivity contribution in [1.82, 2.24) is 19.3 Å². The van der Waals surface area contributed by atoms with Gasteiger partial charge in [0.15, 0.2) is 0 Å². The number of thiazole rings is 1. The molecule has 0 aliphatic carbocycles. The van der Waals surface area contributed by atoms with Crippen LogP contribution in [-0.2, 0) is 21.2 Å². The van der Waals surface area contributed by atoms with Crippen LogP contribution >= 0.6 is 11.3 Å². The molecule has 0 bridgehead atoms. The van der Waals surface area contributed by atoms with Crippen LogP contribution in [0.2, 0.25) is 0 Å². The molecule has 1 N–H and O–H groups in total. The predicted molar refractivity (Wildman–Crippen MR) is 97.8 cm³/mol. The van der Waals surface area contributed by atoms with Crippen LogP contribution in [-0.4, -0.2) is 42.0 Å². The number of anilines is 1. The maximum atomic E-state index is 12.4. The Morgan fingerprint density at radius 2 is 2.04 bits per heavy atom. The van der Waals surface area contributed by atoms with E-state index < -0.39 is 10.0 Å². The third-order valence-electron chi connectivity index (χ3n) is 4.29. The summed E-state index contributed by atoms with van der Waals surface area (Å²) in [4.78, 5) is 18.5. The minimum Gasteiger partial charge on any atom is -0.312 e. The van der Waals surface area contributed by atoms with Crippen molar-refractivity contribution in [3.63, 3.8) is 0 Å². The summed E-state index contributed by atoms with van der Waals surface area (Å²) in [6.07, 6.45) is 3.38. The monoisotopic (exact) mass is 391 g/mol. The zero-order valence-corrected chi connectivity index (χ0v) is 15.5. The fourth-order valence-corrected chi connectivity index (χ4v) is 4.83. The molecular formula is C16H17N5O3S2. The molecule has 10 heteroatoms. The molecule has 1 amide bonds. The van der Waals surface area contributed by atoms with Gasteiger partial charge in [0.1, 0.15) is 6.33 Å². The second-order valence-corrected chi connectivity index (χ2v) is 8.58. The van der Waals surface area contributed by atoms with E-state index in [0.29, 0.717) is 19.4 Å². The number of nitrogens with one attached hydrogen (secondary N) is 1. The highest BCUT2D eigenvalue weighted by molar-refractivity contribution is 7.89. The lowest BCUT2D eigenvalue weighted by Gasteiger charge is -2.16. The van der Waals surface area contributed by atoms with Crippen molar-refractivity contribution in [2.45, 2.75) is 24.2 Å². The number of carbonyl (C=O) groups is 1. The summed E-state index contributed by atoms with van der Waals surface area (Å²) in [6, 6.07) is 6.41. The molecule has 1 aliphatic heterocycles. The van der Waals surface area contributed by atoms with Gasteiger partial charge in [-0.2, -0.15) is 5.10 Å². The first-order valence-electron chi connectivity index (χ1n) is 8.21. The molecule has 0 radical (unpaired) electrons. The normalized spacial score (nSPS) is 15.2.